The van der Waals surface area contributed by atoms with Crippen LogP contribution >= 0.6 is 11.3 Å². The maximum absolute atomic E-state index is 4.24. The molecule has 14 heavy (non-hydrogen) atoms. The summed E-state index contributed by atoms with van der Waals surface area (Å²) in [6.07, 6.45) is 1.10. The molecule has 0 aliphatic carbocycles. The minimum absolute atomic E-state index is 0.169. The second-order valence-electron chi connectivity index (χ2n) is 4.02. The number of nitrogens with zero attached hydrogens (tertiary/aromatic N) is 2. The Kier molecular flexibility index (Phi) is 4.01. The van der Waals surface area contributed by atoms with Gasteiger partial charge in [-0.3, -0.25) is 0 Å². The van der Waals surface area contributed by atoms with E-state index in [1.165, 1.54) is 0 Å². The first-order valence-corrected chi connectivity index (χ1v) is 5.95. The minimum Gasteiger partial charge on any atom is -0.311 e. The van der Waals surface area contributed by atoms with Gasteiger partial charge in [0.25, 0.3) is 0 Å². The van der Waals surface area contributed by atoms with E-state index in [1.807, 2.05) is 0 Å². The molecule has 0 bridgehead atoms. The van der Waals surface area contributed by atoms with Crippen LogP contribution in [-0.4, -0.2) is 16.7 Å². The van der Waals surface area contributed by atoms with Crippen molar-refractivity contribution >= 4 is 11.3 Å². The number of rotatable bonds is 5. The molecular formula is C10H19N3S. The van der Waals surface area contributed by atoms with Crippen LogP contribution in [0.4, 0.5) is 0 Å². The van der Waals surface area contributed by atoms with E-state index in [2.05, 4.69) is 43.2 Å². The van der Waals surface area contributed by atoms with E-state index in [-0.39, 0.29) is 5.41 Å². The molecular weight excluding hydrogens is 194 g/mol. The van der Waals surface area contributed by atoms with Gasteiger partial charge in [-0.2, -0.15) is 0 Å². The zero-order valence-electron chi connectivity index (χ0n) is 9.42. The molecule has 3 nitrogen and oxygen atoms in total. The van der Waals surface area contributed by atoms with E-state index in [9.17, 15) is 0 Å². The van der Waals surface area contributed by atoms with Crippen molar-refractivity contribution in [3.05, 3.63) is 10.0 Å². The summed E-state index contributed by atoms with van der Waals surface area (Å²) in [5.74, 6) is 0. The summed E-state index contributed by atoms with van der Waals surface area (Å²) in [6.45, 7) is 10.5. The number of nitrogens with one attached hydrogen (secondary N) is 1. The van der Waals surface area contributed by atoms with Crippen LogP contribution in [0.15, 0.2) is 0 Å². The Morgan fingerprint density at radius 2 is 2.00 bits per heavy atom. The van der Waals surface area contributed by atoms with E-state index in [4.69, 9.17) is 0 Å². The maximum Gasteiger partial charge on any atom is 0.131 e. The van der Waals surface area contributed by atoms with Crippen molar-refractivity contribution in [2.45, 2.75) is 46.1 Å². The third kappa shape index (κ3) is 2.75. The van der Waals surface area contributed by atoms with Crippen molar-refractivity contribution in [1.29, 1.82) is 0 Å². The highest BCUT2D eigenvalue weighted by Gasteiger charge is 2.22. The summed E-state index contributed by atoms with van der Waals surface area (Å²) in [6, 6.07) is 0. The number of hydrogen-bond donors (Lipinski definition) is 1. The monoisotopic (exact) mass is 213 g/mol. The van der Waals surface area contributed by atoms with E-state index in [0.29, 0.717) is 0 Å². The van der Waals surface area contributed by atoms with Crippen LogP contribution in [0, 0.1) is 0 Å². The average molecular weight is 213 g/mol. The van der Waals surface area contributed by atoms with Crippen molar-refractivity contribution < 1.29 is 0 Å². The van der Waals surface area contributed by atoms with Gasteiger partial charge in [-0.1, -0.05) is 39.0 Å². The molecule has 1 aromatic heterocycles. The summed E-state index contributed by atoms with van der Waals surface area (Å²) in [5, 5.41) is 13.9. The van der Waals surface area contributed by atoms with Gasteiger partial charge in [0.2, 0.25) is 0 Å². The Hall–Kier alpha value is -0.480. The number of aromatic nitrogens is 2. The molecule has 0 aromatic carbocycles. The van der Waals surface area contributed by atoms with Crippen LogP contribution in [-0.2, 0) is 12.0 Å². The predicted molar refractivity (Wildman–Crippen MR) is 60.6 cm³/mol. The lowest BCUT2D eigenvalue weighted by atomic mass is 9.91. The molecule has 1 rings (SSSR count). The first kappa shape index (κ1) is 11.6. The lowest BCUT2D eigenvalue weighted by molar-refractivity contribution is 0.498. The summed E-state index contributed by atoms with van der Waals surface area (Å²) < 4.78 is 0. The fourth-order valence-electron chi connectivity index (χ4n) is 0.982. The second-order valence-corrected chi connectivity index (χ2v) is 5.08. The van der Waals surface area contributed by atoms with Crippen molar-refractivity contribution in [3.63, 3.8) is 0 Å². The van der Waals surface area contributed by atoms with Crippen molar-refractivity contribution in [2.75, 3.05) is 6.54 Å². The van der Waals surface area contributed by atoms with Crippen LogP contribution in [0.25, 0.3) is 0 Å². The molecule has 1 aromatic rings. The Bertz CT molecular complexity index is 281. The Morgan fingerprint density at radius 3 is 2.57 bits per heavy atom. The molecule has 0 saturated carbocycles. The van der Waals surface area contributed by atoms with Gasteiger partial charge >= 0.3 is 0 Å². The van der Waals surface area contributed by atoms with Crippen molar-refractivity contribution in [3.8, 4) is 0 Å². The standard InChI is InChI=1S/C10H19N3S/c1-5-10(3,4)9-13-12-8(14-9)7-11-6-2/h11H,5-7H2,1-4H3. The molecule has 0 spiro atoms. The highest BCUT2D eigenvalue weighted by molar-refractivity contribution is 7.11. The van der Waals surface area contributed by atoms with Crippen LogP contribution in [0.2, 0.25) is 0 Å². The highest BCUT2D eigenvalue weighted by atomic mass is 32.1. The Labute approximate surface area is 89.9 Å². The molecule has 0 fully saturated rings. The van der Waals surface area contributed by atoms with Crippen molar-refractivity contribution in [2.24, 2.45) is 0 Å². The van der Waals surface area contributed by atoms with Gasteiger partial charge in [0, 0.05) is 12.0 Å². The van der Waals surface area contributed by atoms with Gasteiger partial charge in [-0.25, -0.2) is 0 Å². The van der Waals surface area contributed by atoms with Gasteiger partial charge in [0.05, 0.1) is 0 Å². The zero-order chi connectivity index (χ0) is 10.6. The summed E-state index contributed by atoms with van der Waals surface area (Å²) in [5.41, 5.74) is 0.169. The molecule has 0 unspecified atom stereocenters. The third-order valence-corrected chi connectivity index (χ3v) is 3.75. The molecule has 0 radical (unpaired) electrons. The number of hydrogen-bond acceptors (Lipinski definition) is 4. The first-order valence-electron chi connectivity index (χ1n) is 5.13. The molecule has 1 heterocycles. The molecule has 0 aliphatic heterocycles. The van der Waals surface area contributed by atoms with E-state index < -0.39 is 0 Å². The molecule has 0 amide bonds. The fraction of sp³-hybridized carbons (Fsp3) is 0.800. The summed E-state index contributed by atoms with van der Waals surface area (Å²) >= 11 is 1.72. The normalized spacial score (nSPS) is 12.0. The van der Waals surface area contributed by atoms with Crippen LogP contribution in [0.3, 0.4) is 0 Å². The smallest absolute Gasteiger partial charge is 0.131 e. The summed E-state index contributed by atoms with van der Waals surface area (Å²) in [7, 11) is 0. The van der Waals surface area contributed by atoms with Crippen LogP contribution in [0.5, 0.6) is 0 Å². The quantitative estimate of drug-likeness (QED) is 0.816. The van der Waals surface area contributed by atoms with Gasteiger partial charge in [-0.05, 0) is 13.0 Å². The van der Waals surface area contributed by atoms with Crippen molar-refractivity contribution in [1.82, 2.24) is 15.5 Å². The van der Waals surface area contributed by atoms with E-state index >= 15 is 0 Å². The lowest BCUT2D eigenvalue weighted by Crippen LogP contribution is -2.14. The zero-order valence-corrected chi connectivity index (χ0v) is 10.2. The van der Waals surface area contributed by atoms with Crippen LogP contribution < -0.4 is 5.32 Å². The lowest BCUT2D eigenvalue weighted by Gasteiger charge is -2.17. The summed E-state index contributed by atoms with van der Waals surface area (Å²) in [4.78, 5) is 0. The minimum atomic E-state index is 0.169. The van der Waals surface area contributed by atoms with Crippen LogP contribution in [0.1, 0.15) is 44.1 Å². The van der Waals surface area contributed by atoms with Gasteiger partial charge in [0.15, 0.2) is 0 Å². The van der Waals surface area contributed by atoms with E-state index in [0.717, 1.165) is 29.5 Å². The third-order valence-electron chi connectivity index (χ3n) is 2.46. The largest absolute Gasteiger partial charge is 0.311 e. The topological polar surface area (TPSA) is 37.8 Å². The predicted octanol–water partition coefficient (Wildman–Crippen LogP) is 2.34. The Morgan fingerprint density at radius 1 is 1.29 bits per heavy atom. The van der Waals surface area contributed by atoms with E-state index in [1.54, 1.807) is 11.3 Å². The van der Waals surface area contributed by atoms with Gasteiger partial charge in [-0.15, -0.1) is 10.2 Å². The maximum atomic E-state index is 4.24. The molecule has 4 heteroatoms. The molecule has 80 valence electrons. The molecule has 0 atom stereocenters. The highest BCUT2D eigenvalue weighted by Crippen LogP contribution is 2.28. The molecule has 1 N–H and O–H groups in total. The molecule has 0 saturated heterocycles. The molecule has 0 aliphatic rings. The van der Waals surface area contributed by atoms with Gasteiger partial charge < -0.3 is 5.32 Å². The SMILES string of the molecule is CCNCc1nnc(C(C)(C)CC)s1. The first-order chi connectivity index (χ1) is 6.60. The average Bonchev–Trinajstić information content (AvgIpc) is 2.63. The Balaban J connectivity index is 2.67. The second kappa shape index (κ2) is 4.84. The fourth-order valence-corrected chi connectivity index (χ4v) is 1.96. The van der Waals surface area contributed by atoms with Gasteiger partial charge in [0.1, 0.15) is 10.0 Å².